The summed E-state index contributed by atoms with van der Waals surface area (Å²) in [4.78, 5) is 24.6. The van der Waals surface area contributed by atoms with Gasteiger partial charge in [-0.3, -0.25) is 9.59 Å². The maximum absolute atomic E-state index is 13.5. The monoisotopic (exact) mass is 347 g/mol. The van der Waals surface area contributed by atoms with Crippen molar-refractivity contribution in [1.82, 2.24) is 5.32 Å². The van der Waals surface area contributed by atoms with Gasteiger partial charge in [-0.05, 0) is 36.2 Å². The predicted molar refractivity (Wildman–Crippen MR) is 98.6 cm³/mol. The zero-order valence-electron chi connectivity index (χ0n) is 14.3. The first-order valence-electron chi connectivity index (χ1n) is 8.27. The van der Waals surface area contributed by atoms with Gasteiger partial charge in [-0.2, -0.15) is 0 Å². The molecule has 0 aliphatic heterocycles. The number of ketones is 1. The second kappa shape index (κ2) is 7.74. The van der Waals surface area contributed by atoms with E-state index in [1.54, 1.807) is 55.5 Å². The number of benzene rings is 3. The first-order valence-corrected chi connectivity index (χ1v) is 8.27. The summed E-state index contributed by atoms with van der Waals surface area (Å²) >= 11 is 0. The summed E-state index contributed by atoms with van der Waals surface area (Å²) in [6.45, 7) is 1.93. The molecule has 3 aromatic carbocycles. The Morgan fingerprint density at radius 3 is 2.12 bits per heavy atom. The van der Waals surface area contributed by atoms with Crippen LogP contribution in [0.3, 0.4) is 0 Å². The average Bonchev–Trinajstić information content (AvgIpc) is 2.69. The molecule has 0 aliphatic carbocycles. The van der Waals surface area contributed by atoms with Gasteiger partial charge in [0.25, 0.3) is 5.91 Å². The molecule has 0 saturated carbocycles. The van der Waals surface area contributed by atoms with Crippen molar-refractivity contribution in [3.8, 4) is 0 Å². The fourth-order valence-corrected chi connectivity index (χ4v) is 2.56. The van der Waals surface area contributed by atoms with Crippen LogP contribution >= 0.6 is 0 Å². The third kappa shape index (κ3) is 4.03. The number of carbonyl (C=O) groups excluding carboxylic acids is 2. The van der Waals surface area contributed by atoms with Crippen LogP contribution in [-0.2, 0) is 6.54 Å². The van der Waals surface area contributed by atoms with Crippen LogP contribution in [0, 0.1) is 12.7 Å². The van der Waals surface area contributed by atoms with Gasteiger partial charge in [0.15, 0.2) is 5.78 Å². The summed E-state index contributed by atoms with van der Waals surface area (Å²) in [6.07, 6.45) is 0. The molecule has 0 spiro atoms. The van der Waals surface area contributed by atoms with Gasteiger partial charge in [-0.25, -0.2) is 4.39 Å². The number of rotatable bonds is 5. The number of carbonyl (C=O) groups is 2. The molecule has 0 atom stereocenters. The minimum atomic E-state index is -0.291. The fraction of sp³-hybridized carbons (Fsp3) is 0.0909. The van der Waals surface area contributed by atoms with Crippen molar-refractivity contribution in [2.24, 2.45) is 0 Å². The van der Waals surface area contributed by atoms with E-state index >= 15 is 0 Å². The lowest BCUT2D eigenvalue weighted by atomic mass is 10.0. The molecule has 0 bridgehead atoms. The van der Waals surface area contributed by atoms with Crippen molar-refractivity contribution in [2.75, 3.05) is 0 Å². The summed E-state index contributed by atoms with van der Waals surface area (Å²) in [7, 11) is 0. The van der Waals surface area contributed by atoms with Crippen LogP contribution in [0.2, 0.25) is 0 Å². The SMILES string of the molecule is Cc1ccc(CNC(=O)c2ccc(C(=O)c3ccccc3)cc2)cc1F. The molecule has 0 saturated heterocycles. The molecule has 0 heterocycles. The van der Waals surface area contributed by atoms with E-state index in [0.29, 0.717) is 27.8 Å². The fourth-order valence-electron chi connectivity index (χ4n) is 2.56. The van der Waals surface area contributed by atoms with Gasteiger partial charge < -0.3 is 5.32 Å². The maximum atomic E-state index is 13.5. The molecule has 26 heavy (non-hydrogen) atoms. The van der Waals surface area contributed by atoms with Crippen LogP contribution in [-0.4, -0.2) is 11.7 Å². The standard InChI is InChI=1S/C22H18FNO2/c1-15-7-8-16(13-20(15)23)14-24-22(26)19-11-9-18(10-12-19)21(25)17-5-3-2-4-6-17/h2-13H,14H2,1H3,(H,24,26). The Kier molecular flexibility index (Phi) is 5.23. The Hall–Kier alpha value is -3.27. The molecule has 130 valence electrons. The smallest absolute Gasteiger partial charge is 0.251 e. The number of hydrogen-bond donors (Lipinski definition) is 1. The molecular formula is C22H18FNO2. The Bertz CT molecular complexity index is 934. The van der Waals surface area contributed by atoms with E-state index in [-0.39, 0.29) is 24.1 Å². The van der Waals surface area contributed by atoms with Crippen molar-refractivity contribution < 1.29 is 14.0 Å². The van der Waals surface area contributed by atoms with E-state index in [2.05, 4.69) is 5.32 Å². The van der Waals surface area contributed by atoms with Crippen molar-refractivity contribution >= 4 is 11.7 Å². The molecule has 0 aliphatic rings. The molecule has 0 fully saturated rings. The molecule has 1 amide bonds. The number of halogens is 1. The topological polar surface area (TPSA) is 46.2 Å². The lowest BCUT2D eigenvalue weighted by molar-refractivity contribution is 0.0949. The molecule has 3 nitrogen and oxygen atoms in total. The molecular weight excluding hydrogens is 329 g/mol. The third-order valence-corrected chi connectivity index (χ3v) is 4.13. The zero-order valence-corrected chi connectivity index (χ0v) is 14.3. The van der Waals surface area contributed by atoms with Crippen LogP contribution < -0.4 is 5.32 Å². The highest BCUT2D eigenvalue weighted by atomic mass is 19.1. The highest BCUT2D eigenvalue weighted by Crippen LogP contribution is 2.12. The highest BCUT2D eigenvalue weighted by Gasteiger charge is 2.11. The van der Waals surface area contributed by atoms with Gasteiger partial charge in [0.2, 0.25) is 0 Å². The van der Waals surface area contributed by atoms with Crippen LogP contribution in [0.4, 0.5) is 4.39 Å². The van der Waals surface area contributed by atoms with E-state index < -0.39 is 0 Å². The van der Waals surface area contributed by atoms with Crippen LogP contribution in [0.15, 0.2) is 72.8 Å². The second-order valence-electron chi connectivity index (χ2n) is 6.04. The van der Waals surface area contributed by atoms with Crippen molar-refractivity contribution in [1.29, 1.82) is 0 Å². The molecule has 3 rings (SSSR count). The Morgan fingerprint density at radius 1 is 0.846 bits per heavy atom. The zero-order chi connectivity index (χ0) is 18.5. The van der Waals surface area contributed by atoms with E-state index in [1.165, 1.54) is 6.07 Å². The van der Waals surface area contributed by atoms with E-state index in [1.807, 2.05) is 18.2 Å². The normalized spacial score (nSPS) is 10.4. The molecule has 0 radical (unpaired) electrons. The van der Waals surface area contributed by atoms with Gasteiger partial charge >= 0.3 is 0 Å². The lowest BCUT2D eigenvalue weighted by Crippen LogP contribution is -2.22. The second-order valence-corrected chi connectivity index (χ2v) is 6.04. The highest BCUT2D eigenvalue weighted by molar-refractivity contribution is 6.09. The van der Waals surface area contributed by atoms with Gasteiger partial charge in [0.1, 0.15) is 5.82 Å². The largest absolute Gasteiger partial charge is 0.348 e. The summed E-state index contributed by atoms with van der Waals surface area (Å²) < 4.78 is 13.5. The van der Waals surface area contributed by atoms with Gasteiger partial charge in [-0.1, -0.05) is 54.6 Å². The summed E-state index contributed by atoms with van der Waals surface area (Å²) in [5, 5.41) is 2.75. The Labute approximate surface area is 151 Å². The molecule has 1 N–H and O–H groups in total. The molecule has 3 aromatic rings. The van der Waals surface area contributed by atoms with Crippen LogP contribution in [0.1, 0.15) is 37.4 Å². The number of hydrogen-bond acceptors (Lipinski definition) is 2. The van der Waals surface area contributed by atoms with E-state index in [4.69, 9.17) is 0 Å². The van der Waals surface area contributed by atoms with Crippen molar-refractivity contribution in [2.45, 2.75) is 13.5 Å². The van der Waals surface area contributed by atoms with E-state index in [9.17, 15) is 14.0 Å². The summed E-state index contributed by atoms with van der Waals surface area (Å²) in [5.74, 6) is -0.655. The van der Waals surface area contributed by atoms with Gasteiger partial charge in [0, 0.05) is 23.2 Å². The minimum absolute atomic E-state index is 0.0901. The van der Waals surface area contributed by atoms with Crippen LogP contribution in [0.5, 0.6) is 0 Å². The van der Waals surface area contributed by atoms with Gasteiger partial charge in [0.05, 0.1) is 0 Å². The first kappa shape index (κ1) is 17.5. The number of amides is 1. The molecule has 0 aromatic heterocycles. The van der Waals surface area contributed by atoms with Crippen molar-refractivity contribution in [3.63, 3.8) is 0 Å². The quantitative estimate of drug-likeness (QED) is 0.700. The third-order valence-electron chi connectivity index (χ3n) is 4.13. The number of nitrogens with one attached hydrogen (secondary N) is 1. The first-order chi connectivity index (χ1) is 12.5. The lowest BCUT2D eigenvalue weighted by Gasteiger charge is -2.07. The van der Waals surface area contributed by atoms with Crippen LogP contribution in [0.25, 0.3) is 0 Å². The molecule has 4 heteroatoms. The minimum Gasteiger partial charge on any atom is -0.348 e. The average molecular weight is 347 g/mol. The van der Waals surface area contributed by atoms with Gasteiger partial charge in [-0.15, -0.1) is 0 Å². The summed E-state index contributed by atoms with van der Waals surface area (Å²) in [5.41, 5.74) is 2.83. The Morgan fingerprint density at radius 2 is 1.46 bits per heavy atom. The Balaban J connectivity index is 1.65. The predicted octanol–water partition coefficient (Wildman–Crippen LogP) is 4.30. The number of aryl methyl sites for hydroxylation is 1. The maximum Gasteiger partial charge on any atom is 0.251 e. The van der Waals surface area contributed by atoms with E-state index in [0.717, 1.165) is 0 Å². The van der Waals surface area contributed by atoms with Crippen molar-refractivity contribution in [3.05, 3.63) is 106 Å². The molecule has 0 unspecified atom stereocenters. The summed E-state index contributed by atoms with van der Waals surface area (Å²) in [6, 6.07) is 20.3.